The van der Waals surface area contributed by atoms with E-state index in [-0.39, 0.29) is 18.6 Å². The number of hydrogen-bond acceptors (Lipinski definition) is 2. The van der Waals surface area contributed by atoms with Gasteiger partial charge in [0.05, 0.1) is 17.7 Å². The predicted octanol–water partition coefficient (Wildman–Crippen LogP) is 6.52. The molecule has 0 N–H and O–H groups in total. The molecule has 3 aromatic carbocycles. The Labute approximate surface area is 188 Å². The molecule has 0 saturated carbocycles. The second kappa shape index (κ2) is 7.20. The van der Waals surface area contributed by atoms with Crippen LogP contribution in [0, 0.1) is 12.7 Å². The van der Waals surface area contributed by atoms with Gasteiger partial charge in [-0.25, -0.2) is 8.96 Å². The monoisotopic (exact) mass is 426 g/mol. The SMILES string of the molecule is [2H]C1([2H])CCOc2cccc(-c3c(F)ccc4c3oc3c(-c5cccc[n+]5C)c(C)ccc34)c21. The quantitative estimate of drug-likeness (QED) is 0.301. The first kappa shape index (κ1) is 17.0. The highest BCUT2D eigenvalue weighted by molar-refractivity contribution is 6.13. The van der Waals surface area contributed by atoms with Crippen LogP contribution in [0.5, 0.6) is 5.75 Å². The van der Waals surface area contributed by atoms with E-state index in [1.807, 2.05) is 49.0 Å². The van der Waals surface area contributed by atoms with E-state index >= 15 is 4.39 Å². The van der Waals surface area contributed by atoms with Crippen LogP contribution < -0.4 is 9.30 Å². The Balaban J connectivity index is 1.72. The molecule has 0 spiro atoms. The van der Waals surface area contributed by atoms with Crippen molar-refractivity contribution in [2.24, 2.45) is 7.05 Å². The normalized spacial score (nSPS) is 15.8. The van der Waals surface area contributed by atoms with Crippen molar-refractivity contribution in [3.05, 3.63) is 83.8 Å². The highest BCUT2D eigenvalue weighted by atomic mass is 19.1. The molecule has 5 aromatic rings. The maximum atomic E-state index is 15.5. The Kier molecular flexibility index (Phi) is 3.81. The minimum atomic E-state index is -1.63. The van der Waals surface area contributed by atoms with Gasteiger partial charge in [0.15, 0.2) is 6.20 Å². The lowest BCUT2D eigenvalue weighted by Gasteiger charge is -2.20. The lowest BCUT2D eigenvalue weighted by atomic mass is 9.93. The molecule has 158 valence electrons. The highest BCUT2D eigenvalue weighted by Crippen LogP contribution is 2.44. The molecular formula is C28H23FNO2+. The Morgan fingerprint density at radius 2 is 1.75 bits per heavy atom. The Bertz CT molecular complexity index is 1610. The number of furan rings is 1. The fraction of sp³-hybridized carbons (Fsp3) is 0.179. The zero-order valence-corrected chi connectivity index (χ0v) is 17.9. The summed E-state index contributed by atoms with van der Waals surface area (Å²) in [5.74, 6) is -0.000948. The van der Waals surface area contributed by atoms with Crippen LogP contribution in [-0.4, -0.2) is 6.61 Å². The molecule has 0 radical (unpaired) electrons. The third kappa shape index (κ3) is 2.76. The summed E-state index contributed by atoms with van der Waals surface area (Å²) in [4.78, 5) is 0. The number of halogens is 1. The van der Waals surface area contributed by atoms with Crippen molar-refractivity contribution in [2.75, 3.05) is 6.61 Å². The van der Waals surface area contributed by atoms with Crippen molar-refractivity contribution in [2.45, 2.75) is 19.7 Å². The molecule has 6 rings (SSSR count). The van der Waals surface area contributed by atoms with Crippen molar-refractivity contribution in [1.29, 1.82) is 0 Å². The van der Waals surface area contributed by atoms with Gasteiger partial charge in [0.25, 0.3) is 0 Å². The van der Waals surface area contributed by atoms with E-state index in [2.05, 4.69) is 6.07 Å². The zero-order chi connectivity index (χ0) is 23.6. The Morgan fingerprint density at radius 3 is 2.59 bits per heavy atom. The molecule has 0 bridgehead atoms. The van der Waals surface area contributed by atoms with Crippen LogP contribution in [0.15, 0.2) is 71.3 Å². The fourth-order valence-electron chi connectivity index (χ4n) is 4.71. The van der Waals surface area contributed by atoms with Crippen LogP contribution in [0.1, 0.15) is 20.3 Å². The summed E-state index contributed by atoms with van der Waals surface area (Å²) in [5.41, 5.74) is 5.21. The molecule has 0 amide bonds. The Hall–Kier alpha value is -3.66. The molecule has 32 heavy (non-hydrogen) atoms. The molecule has 2 aromatic heterocycles. The standard InChI is InChI=1S/C28H23FNO2/c1-17-11-12-20-21-13-14-22(29)26(19-7-5-10-24-18(19)8-6-16-31-24)28(21)32-27(20)25(17)23-9-3-4-15-30(23)2/h3-5,7,9-15H,6,8,16H2,1-2H3/q+1/i8D2. The molecule has 0 unspecified atom stereocenters. The van der Waals surface area contributed by atoms with Crippen LogP contribution in [0.25, 0.3) is 44.3 Å². The molecule has 4 heteroatoms. The summed E-state index contributed by atoms with van der Waals surface area (Å²) >= 11 is 0. The number of aromatic nitrogens is 1. The number of benzene rings is 3. The van der Waals surface area contributed by atoms with E-state index in [1.54, 1.807) is 24.3 Å². The predicted molar refractivity (Wildman–Crippen MR) is 124 cm³/mol. The van der Waals surface area contributed by atoms with Crippen molar-refractivity contribution in [1.82, 2.24) is 0 Å². The second-order valence-electron chi connectivity index (χ2n) is 8.19. The van der Waals surface area contributed by atoms with Crippen molar-refractivity contribution >= 4 is 21.9 Å². The second-order valence-corrected chi connectivity index (χ2v) is 8.19. The van der Waals surface area contributed by atoms with E-state index in [1.165, 1.54) is 6.07 Å². The maximum absolute atomic E-state index is 15.5. The molecule has 3 nitrogen and oxygen atoms in total. The first-order valence-corrected chi connectivity index (χ1v) is 10.7. The Morgan fingerprint density at radius 1 is 0.938 bits per heavy atom. The molecule has 1 aliphatic heterocycles. The summed E-state index contributed by atoms with van der Waals surface area (Å²) in [6.45, 7) is 2.33. The molecule has 3 heterocycles. The van der Waals surface area contributed by atoms with E-state index in [9.17, 15) is 0 Å². The number of aryl methyl sites for hydroxylation is 2. The first-order chi connectivity index (χ1) is 16.4. The van der Waals surface area contributed by atoms with Gasteiger partial charge in [0.2, 0.25) is 5.69 Å². The largest absolute Gasteiger partial charge is 0.493 e. The van der Waals surface area contributed by atoms with E-state index in [0.29, 0.717) is 28.0 Å². The molecule has 1 aliphatic rings. The lowest BCUT2D eigenvalue weighted by Crippen LogP contribution is -2.30. The topological polar surface area (TPSA) is 26.2 Å². The number of rotatable bonds is 2. The fourth-order valence-corrected chi connectivity index (χ4v) is 4.71. The molecule has 0 saturated heterocycles. The highest BCUT2D eigenvalue weighted by Gasteiger charge is 2.25. The minimum Gasteiger partial charge on any atom is -0.493 e. The minimum absolute atomic E-state index is 0.211. The van der Waals surface area contributed by atoms with Gasteiger partial charge in [0.1, 0.15) is 29.8 Å². The van der Waals surface area contributed by atoms with Gasteiger partial charge < -0.3 is 9.15 Å². The number of fused-ring (bicyclic) bond motifs is 4. The van der Waals surface area contributed by atoms with Crippen LogP contribution in [0.4, 0.5) is 4.39 Å². The van der Waals surface area contributed by atoms with Crippen molar-refractivity contribution < 1.29 is 20.9 Å². The molecule has 0 atom stereocenters. The average Bonchev–Trinajstić information content (AvgIpc) is 3.17. The zero-order valence-electron chi connectivity index (χ0n) is 19.9. The summed E-state index contributed by atoms with van der Waals surface area (Å²) in [5, 5.41) is 1.69. The van der Waals surface area contributed by atoms with Crippen LogP contribution in [0.2, 0.25) is 0 Å². The third-order valence-electron chi connectivity index (χ3n) is 6.24. The van der Waals surface area contributed by atoms with Gasteiger partial charge in [-0.15, -0.1) is 0 Å². The average molecular weight is 427 g/mol. The van der Waals surface area contributed by atoms with Gasteiger partial charge >= 0.3 is 0 Å². The van der Waals surface area contributed by atoms with Gasteiger partial charge in [-0.3, -0.25) is 0 Å². The number of nitrogens with zero attached hydrogens (tertiary/aromatic N) is 1. The maximum Gasteiger partial charge on any atom is 0.216 e. The number of pyridine rings is 1. The summed E-state index contributed by atoms with van der Waals surface area (Å²) in [6, 6.07) is 18.5. The molecular weight excluding hydrogens is 401 g/mol. The summed E-state index contributed by atoms with van der Waals surface area (Å²) < 4.78 is 47.0. The number of ether oxygens (including phenoxy) is 1. The van der Waals surface area contributed by atoms with E-state index < -0.39 is 12.2 Å². The van der Waals surface area contributed by atoms with Gasteiger partial charge in [-0.05, 0) is 55.1 Å². The number of hydrogen-bond donors (Lipinski definition) is 0. The molecule has 0 fully saturated rings. The van der Waals surface area contributed by atoms with E-state index in [0.717, 1.165) is 27.6 Å². The summed E-state index contributed by atoms with van der Waals surface area (Å²) in [6.07, 6.45) is 0.562. The first-order valence-electron chi connectivity index (χ1n) is 11.7. The van der Waals surface area contributed by atoms with Crippen LogP contribution in [-0.2, 0) is 13.4 Å². The van der Waals surface area contributed by atoms with Gasteiger partial charge in [0, 0.05) is 31.2 Å². The van der Waals surface area contributed by atoms with Gasteiger partial charge in [-0.1, -0.05) is 24.3 Å². The lowest BCUT2D eigenvalue weighted by molar-refractivity contribution is -0.660. The smallest absolute Gasteiger partial charge is 0.216 e. The van der Waals surface area contributed by atoms with Crippen molar-refractivity contribution in [3.63, 3.8) is 0 Å². The van der Waals surface area contributed by atoms with Crippen LogP contribution >= 0.6 is 0 Å². The van der Waals surface area contributed by atoms with Gasteiger partial charge in [-0.2, -0.15) is 0 Å². The summed E-state index contributed by atoms with van der Waals surface area (Å²) in [7, 11) is 1.99. The third-order valence-corrected chi connectivity index (χ3v) is 6.24. The van der Waals surface area contributed by atoms with Crippen molar-refractivity contribution in [3.8, 4) is 28.1 Å². The van der Waals surface area contributed by atoms with E-state index in [4.69, 9.17) is 11.9 Å². The van der Waals surface area contributed by atoms with Crippen LogP contribution in [0.3, 0.4) is 0 Å². The molecule has 0 aliphatic carbocycles.